The average molecular weight is 861 g/mol. The summed E-state index contributed by atoms with van der Waals surface area (Å²) in [6, 6.07) is 28.8. The number of oxime groups is 1. The predicted molar refractivity (Wildman–Crippen MR) is 228 cm³/mol. The van der Waals surface area contributed by atoms with Crippen molar-refractivity contribution in [2.24, 2.45) is 5.16 Å². The lowest BCUT2D eigenvalue weighted by Gasteiger charge is -2.49. The van der Waals surface area contributed by atoms with Crippen LogP contribution in [0.15, 0.2) is 136 Å². The molecule has 2 fully saturated rings. The standard InChI is InChI=1S/C43H36N6O8S3/c1-2-56-41(55)30-19-21-58-38(30)48-20-18-25(36(48)51)22-26-23-59-39-33(37(52)49(39)34(26)40(53)54)46-35(50)32(31-24-60-42(44)45-31)47-57-43(27-12-6-3-7-13-27,28-14-8-4-9-15-28)29-16-10-5-11-17-29/h3-17,19,21-22,24,33,39H,2,18,20,23H2,1H3,(H2,44,45)(H,46,50)(H,53,54)/b25-22+,47-32-/t33-,39-/m1/s1. The number of anilines is 2. The fraction of sp³-hybridized carbons (Fsp3) is 0.186. The SMILES string of the molecule is CCOC(=O)c1ccsc1N1CC/C(=C\C2=C(C(=O)O)N3C(=O)[C@@H](NC(=O)/C(=N\OC(c4ccccc4)(c4ccccc4)c4ccccc4)c4csc(N)n4)[C@H]3SC2)C1=O. The van der Waals surface area contributed by atoms with Gasteiger partial charge < -0.3 is 25.7 Å². The van der Waals surface area contributed by atoms with Gasteiger partial charge in [0, 0.05) is 39.9 Å². The number of aliphatic carboxylic acids is 1. The summed E-state index contributed by atoms with van der Waals surface area (Å²) in [4.78, 5) is 80.6. The van der Waals surface area contributed by atoms with Crippen molar-refractivity contribution in [1.29, 1.82) is 0 Å². The van der Waals surface area contributed by atoms with E-state index in [-0.39, 0.29) is 58.2 Å². The van der Waals surface area contributed by atoms with Crippen LogP contribution in [-0.2, 0) is 34.4 Å². The number of aromatic nitrogens is 1. The third-order valence-electron chi connectivity index (χ3n) is 10.1. The number of ether oxygens (including phenoxy) is 1. The van der Waals surface area contributed by atoms with Gasteiger partial charge in [-0.3, -0.25) is 24.2 Å². The first kappa shape index (κ1) is 40.2. The van der Waals surface area contributed by atoms with Gasteiger partial charge in [0.2, 0.25) is 5.60 Å². The number of nitrogens with zero attached hydrogens (tertiary/aromatic N) is 4. The van der Waals surface area contributed by atoms with E-state index in [1.54, 1.807) is 23.8 Å². The Bertz CT molecular complexity index is 2480. The maximum atomic E-state index is 14.3. The first-order chi connectivity index (χ1) is 29.1. The number of hydrogen-bond acceptors (Lipinski definition) is 13. The van der Waals surface area contributed by atoms with Crippen LogP contribution in [0.1, 0.15) is 46.1 Å². The highest BCUT2D eigenvalue weighted by Gasteiger charge is 2.54. The van der Waals surface area contributed by atoms with E-state index in [4.69, 9.17) is 15.3 Å². The number of amides is 3. The Morgan fingerprint density at radius 3 is 2.17 bits per heavy atom. The monoisotopic (exact) mass is 860 g/mol. The van der Waals surface area contributed by atoms with E-state index in [1.165, 1.54) is 34.1 Å². The first-order valence-electron chi connectivity index (χ1n) is 18.8. The molecule has 3 aromatic carbocycles. The number of fused-ring (bicyclic) bond motifs is 1. The Kier molecular flexibility index (Phi) is 11.4. The normalized spacial score (nSPS) is 18.6. The van der Waals surface area contributed by atoms with Crippen LogP contribution >= 0.6 is 34.4 Å². The lowest BCUT2D eigenvalue weighted by atomic mass is 9.80. The van der Waals surface area contributed by atoms with Crippen LogP contribution < -0.4 is 16.0 Å². The summed E-state index contributed by atoms with van der Waals surface area (Å²) in [5.74, 6) is -3.58. The van der Waals surface area contributed by atoms with Gasteiger partial charge in [-0.25, -0.2) is 14.6 Å². The molecule has 60 heavy (non-hydrogen) atoms. The highest BCUT2D eigenvalue weighted by atomic mass is 32.2. The van der Waals surface area contributed by atoms with Crippen molar-refractivity contribution in [2.45, 2.75) is 30.4 Å². The minimum Gasteiger partial charge on any atom is -0.477 e. The van der Waals surface area contributed by atoms with Gasteiger partial charge in [0.25, 0.3) is 17.7 Å². The van der Waals surface area contributed by atoms with Crippen molar-refractivity contribution in [1.82, 2.24) is 15.2 Å². The van der Waals surface area contributed by atoms with Gasteiger partial charge in [-0.2, -0.15) is 0 Å². The summed E-state index contributed by atoms with van der Waals surface area (Å²) in [7, 11) is 0. The minimum absolute atomic E-state index is 0.116. The number of rotatable bonds is 13. The van der Waals surface area contributed by atoms with Gasteiger partial charge in [-0.05, 0) is 36.4 Å². The number of carbonyl (C=O) groups excluding carboxylic acids is 4. The number of nitrogens with two attached hydrogens (primary N) is 1. The molecule has 0 unspecified atom stereocenters. The molecule has 4 N–H and O–H groups in total. The molecule has 5 aromatic rings. The maximum absolute atomic E-state index is 14.3. The largest absolute Gasteiger partial charge is 0.477 e. The topological polar surface area (TPSA) is 194 Å². The van der Waals surface area contributed by atoms with Crippen molar-refractivity contribution in [3.05, 3.63) is 159 Å². The second-order valence-corrected chi connectivity index (χ2v) is 16.5. The van der Waals surface area contributed by atoms with Crippen LogP contribution in [-0.4, -0.2) is 80.7 Å². The molecule has 3 aliphatic rings. The highest BCUT2D eigenvalue weighted by Crippen LogP contribution is 2.43. The number of carboxylic acids is 1. The van der Waals surface area contributed by atoms with Crippen LogP contribution in [0.2, 0.25) is 0 Å². The number of benzene rings is 3. The zero-order valence-corrected chi connectivity index (χ0v) is 34.3. The minimum atomic E-state index is -1.36. The van der Waals surface area contributed by atoms with Crippen molar-refractivity contribution in [3.63, 3.8) is 0 Å². The molecule has 5 heterocycles. The molecule has 0 spiro atoms. The molecule has 0 aliphatic carbocycles. The smallest absolute Gasteiger partial charge is 0.352 e. The van der Waals surface area contributed by atoms with Crippen molar-refractivity contribution < 1.29 is 38.7 Å². The predicted octanol–water partition coefficient (Wildman–Crippen LogP) is 5.78. The molecular formula is C43H36N6O8S3. The lowest BCUT2D eigenvalue weighted by molar-refractivity contribution is -0.150. The molecule has 0 radical (unpaired) electrons. The van der Waals surface area contributed by atoms with E-state index >= 15 is 0 Å². The number of allylic oxidation sites excluding steroid dienone is 1. The summed E-state index contributed by atoms with van der Waals surface area (Å²) in [5, 5.41) is 20.8. The Labute approximate surface area is 356 Å². The van der Waals surface area contributed by atoms with E-state index < -0.39 is 40.8 Å². The summed E-state index contributed by atoms with van der Waals surface area (Å²) in [5.41, 5.74) is 7.34. The van der Waals surface area contributed by atoms with Crippen LogP contribution in [0.25, 0.3) is 0 Å². The van der Waals surface area contributed by atoms with Crippen LogP contribution in [0, 0.1) is 0 Å². The second-order valence-electron chi connectivity index (χ2n) is 13.7. The zero-order valence-electron chi connectivity index (χ0n) is 31.8. The fourth-order valence-electron chi connectivity index (χ4n) is 7.38. The molecule has 3 aliphatic heterocycles. The van der Waals surface area contributed by atoms with Crippen LogP contribution in [0.3, 0.4) is 0 Å². The molecule has 2 aromatic heterocycles. The van der Waals surface area contributed by atoms with Crippen LogP contribution in [0.4, 0.5) is 10.1 Å². The third-order valence-corrected chi connectivity index (χ3v) is 13.1. The maximum Gasteiger partial charge on any atom is 0.352 e. The van der Waals surface area contributed by atoms with Gasteiger partial charge >= 0.3 is 11.9 Å². The Balaban J connectivity index is 1.08. The van der Waals surface area contributed by atoms with Gasteiger partial charge in [0.1, 0.15) is 27.8 Å². The van der Waals surface area contributed by atoms with E-state index in [0.29, 0.717) is 17.0 Å². The van der Waals surface area contributed by atoms with E-state index in [9.17, 15) is 29.1 Å². The van der Waals surface area contributed by atoms with Gasteiger partial charge in [0.15, 0.2) is 10.8 Å². The highest BCUT2D eigenvalue weighted by molar-refractivity contribution is 8.00. The summed E-state index contributed by atoms with van der Waals surface area (Å²) in [6.07, 6.45) is 1.81. The van der Waals surface area contributed by atoms with E-state index in [0.717, 1.165) is 32.9 Å². The number of carbonyl (C=O) groups is 5. The van der Waals surface area contributed by atoms with E-state index in [2.05, 4.69) is 15.5 Å². The molecule has 0 saturated carbocycles. The van der Waals surface area contributed by atoms with Gasteiger partial charge in [0.05, 0.1) is 12.2 Å². The number of β-lactam (4-membered cyclic amide) rings is 1. The number of thioether (sulfide) groups is 1. The zero-order chi connectivity index (χ0) is 42.0. The summed E-state index contributed by atoms with van der Waals surface area (Å²) >= 11 is 3.57. The van der Waals surface area contributed by atoms with Gasteiger partial charge in [-0.15, -0.1) is 34.4 Å². The van der Waals surface area contributed by atoms with Crippen LogP contribution in [0.5, 0.6) is 0 Å². The summed E-state index contributed by atoms with van der Waals surface area (Å²) < 4.78 is 5.15. The number of nitrogen functional groups attached to an aromatic ring is 1. The quantitative estimate of drug-likeness (QED) is 0.0325. The first-order valence-corrected chi connectivity index (χ1v) is 21.6. The second kappa shape index (κ2) is 17.0. The Hall–Kier alpha value is -6.56. The molecular weight excluding hydrogens is 825 g/mol. The molecule has 14 nitrogen and oxygen atoms in total. The number of hydrogen-bond donors (Lipinski definition) is 3. The third kappa shape index (κ3) is 7.35. The van der Waals surface area contributed by atoms with Crippen molar-refractivity contribution in [2.75, 3.05) is 29.5 Å². The van der Waals surface area contributed by atoms with Crippen molar-refractivity contribution >= 4 is 79.9 Å². The lowest BCUT2D eigenvalue weighted by Crippen LogP contribution is -2.71. The fourth-order valence-corrected chi connectivity index (χ4v) is 10.1. The molecule has 17 heteroatoms. The Morgan fingerprint density at radius 2 is 1.60 bits per heavy atom. The molecule has 3 amide bonds. The van der Waals surface area contributed by atoms with Crippen molar-refractivity contribution in [3.8, 4) is 0 Å². The average Bonchev–Trinajstić information content (AvgIpc) is 4.02. The Morgan fingerprint density at radius 1 is 0.967 bits per heavy atom. The number of carboxylic acid groups (broad SMARTS) is 1. The van der Waals surface area contributed by atoms with Gasteiger partial charge in [-0.1, -0.05) is 96.2 Å². The molecule has 8 rings (SSSR count). The van der Waals surface area contributed by atoms with E-state index in [1.807, 2.05) is 91.0 Å². The number of nitrogens with one attached hydrogen (secondary N) is 1. The summed E-state index contributed by atoms with van der Waals surface area (Å²) in [6.45, 7) is 2.16. The molecule has 304 valence electrons. The molecule has 2 saturated heterocycles. The molecule has 2 atom stereocenters. The number of thiazole rings is 1. The molecule has 0 bridgehead atoms. The number of esters is 1. The number of thiophene rings is 1.